The second-order valence-electron chi connectivity index (χ2n) is 10.1. The first-order valence-electron chi connectivity index (χ1n) is 12.1. The Morgan fingerprint density at radius 1 is 1.12 bits per heavy atom. The molecule has 0 radical (unpaired) electrons. The van der Waals surface area contributed by atoms with Crippen molar-refractivity contribution in [3.63, 3.8) is 0 Å². The lowest BCUT2D eigenvalue weighted by molar-refractivity contribution is -0.120. The van der Waals surface area contributed by atoms with Crippen molar-refractivity contribution < 1.29 is 4.79 Å². The zero-order valence-electron chi connectivity index (χ0n) is 20.6. The number of amides is 1. The summed E-state index contributed by atoms with van der Waals surface area (Å²) in [5.74, 6) is 7.01. The lowest BCUT2D eigenvalue weighted by atomic mass is 9.71. The smallest absolute Gasteiger partial charge is 0.251 e. The maximum absolute atomic E-state index is 13.1. The van der Waals surface area contributed by atoms with Crippen LogP contribution in [-0.4, -0.2) is 17.5 Å². The number of benzene rings is 2. The highest BCUT2D eigenvalue weighted by atomic mass is 16.1. The highest BCUT2D eigenvalue weighted by Gasteiger charge is 2.40. The number of hydrogen-bond donors (Lipinski definition) is 3. The van der Waals surface area contributed by atoms with E-state index in [2.05, 4.69) is 62.5 Å². The van der Waals surface area contributed by atoms with E-state index in [1.165, 1.54) is 5.56 Å². The van der Waals surface area contributed by atoms with Crippen molar-refractivity contribution in [1.82, 2.24) is 10.3 Å². The minimum Gasteiger partial charge on any atom is -0.384 e. The van der Waals surface area contributed by atoms with E-state index < -0.39 is 0 Å². The van der Waals surface area contributed by atoms with Crippen LogP contribution in [0.15, 0.2) is 72.1 Å². The molecule has 1 aliphatic rings. The van der Waals surface area contributed by atoms with Gasteiger partial charge in [-0.15, -0.1) is 0 Å². The van der Waals surface area contributed by atoms with Crippen molar-refractivity contribution in [3.8, 4) is 0 Å². The number of carbonyl (C=O) groups excluding carboxylic acids is 1. The van der Waals surface area contributed by atoms with Gasteiger partial charge in [0, 0.05) is 6.54 Å². The molecule has 2 unspecified atom stereocenters. The third-order valence-corrected chi connectivity index (χ3v) is 7.49. The maximum atomic E-state index is 13.1. The van der Waals surface area contributed by atoms with E-state index >= 15 is 0 Å². The molecule has 5 nitrogen and oxygen atoms in total. The number of hydrogen-bond acceptors (Lipinski definition) is 4. The number of nitrogens with one attached hydrogen (secondary N) is 1. The minimum atomic E-state index is -0.303. The molecular formula is C28H40N4O. The molecule has 0 aromatic heterocycles. The van der Waals surface area contributed by atoms with Gasteiger partial charge in [0.15, 0.2) is 0 Å². The summed E-state index contributed by atoms with van der Waals surface area (Å²) in [5, 5.41) is 4.81. The molecule has 1 aliphatic carbocycles. The fourth-order valence-electron chi connectivity index (χ4n) is 4.87. The molecule has 2 atom stereocenters. The van der Waals surface area contributed by atoms with E-state index in [1.807, 2.05) is 24.3 Å². The van der Waals surface area contributed by atoms with Crippen LogP contribution in [0.1, 0.15) is 76.8 Å². The number of carbonyl (C=O) groups is 1. The Bertz CT molecular complexity index is 952. The van der Waals surface area contributed by atoms with Crippen molar-refractivity contribution in [2.24, 2.45) is 17.0 Å². The molecule has 0 heterocycles. The SMILES string of the molecule is CCC(C)(CC(C)c1ccccc1)CN(N)/C(N)=C(\C)C(=O)NC1(c2ccccc2)CCC1. The number of nitrogens with zero attached hydrogens (tertiary/aromatic N) is 1. The second kappa shape index (κ2) is 10.4. The van der Waals surface area contributed by atoms with Gasteiger partial charge in [-0.3, -0.25) is 9.80 Å². The second-order valence-corrected chi connectivity index (χ2v) is 10.1. The summed E-state index contributed by atoms with van der Waals surface area (Å²) in [6, 6.07) is 20.7. The van der Waals surface area contributed by atoms with Gasteiger partial charge in [0.25, 0.3) is 5.91 Å². The molecule has 0 aliphatic heterocycles. The summed E-state index contributed by atoms with van der Waals surface area (Å²) in [6.07, 6.45) is 4.93. The van der Waals surface area contributed by atoms with E-state index in [4.69, 9.17) is 11.6 Å². The third kappa shape index (κ3) is 5.77. The van der Waals surface area contributed by atoms with E-state index in [9.17, 15) is 4.79 Å². The number of nitrogens with two attached hydrogens (primary N) is 2. The van der Waals surface area contributed by atoms with E-state index in [1.54, 1.807) is 11.9 Å². The standard InChI is InChI=1S/C28H40N4O/c1-5-27(4,19-21(2)23-13-8-6-9-14-23)20-32(30)25(29)22(3)26(33)31-28(17-12-18-28)24-15-10-7-11-16-24/h6-11,13-16,21H,5,12,17-20,29-30H2,1-4H3,(H,31,33)/b25-22+. The maximum Gasteiger partial charge on any atom is 0.251 e. The molecule has 33 heavy (non-hydrogen) atoms. The monoisotopic (exact) mass is 448 g/mol. The molecule has 0 spiro atoms. The van der Waals surface area contributed by atoms with Gasteiger partial charge in [0.1, 0.15) is 5.82 Å². The lowest BCUT2D eigenvalue weighted by Gasteiger charge is -2.43. The molecule has 1 amide bonds. The highest BCUT2D eigenvalue weighted by molar-refractivity contribution is 5.94. The first-order chi connectivity index (χ1) is 15.7. The van der Waals surface area contributed by atoms with Crippen molar-refractivity contribution >= 4 is 5.91 Å². The summed E-state index contributed by atoms with van der Waals surface area (Å²) < 4.78 is 0. The van der Waals surface area contributed by atoms with E-state index in [0.717, 1.165) is 37.7 Å². The molecule has 5 N–H and O–H groups in total. The van der Waals surface area contributed by atoms with Gasteiger partial charge in [-0.1, -0.05) is 81.4 Å². The van der Waals surface area contributed by atoms with Crippen LogP contribution in [0.5, 0.6) is 0 Å². The molecule has 1 saturated carbocycles. The fraction of sp³-hybridized carbons (Fsp3) is 0.464. The third-order valence-electron chi connectivity index (χ3n) is 7.49. The highest BCUT2D eigenvalue weighted by Crippen LogP contribution is 2.41. The van der Waals surface area contributed by atoms with Crippen molar-refractivity contribution in [2.45, 2.75) is 71.3 Å². The van der Waals surface area contributed by atoms with E-state index in [0.29, 0.717) is 23.9 Å². The zero-order chi connectivity index (χ0) is 24.1. The van der Waals surface area contributed by atoms with Crippen LogP contribution < -0.4 is 16.9 Å². The predicted molar refractivity (Wildman–Crippen MR) is 136 cm³/mol. The summed E-state index contributed by atoms with van der Waals surface area (Å²) in [7, 11) is 0. The Hall–Kier alpha value is -2.79. The first-order valence-corrected chi connectivity index (χ1v) is 12.1. The first kappa shape index (κ1) is 24.8. The normalized spacial score (nSPS) is 18.3. The van der Waals surface area contributed by atoms with Gasteiger partial charge in [0.2, 0.25) is 0 Å². The van der Waals surface area contributed by atoms with Crippen LogP contribution in [0.2, 0.25) is 0 Å². The molecule has 0 bridgehead atoms. The average molecular weight is 449 g/mol. The predicted octanol–water partition coefficient (Wildman–Crippen LogP) is 5.16. The van der Waals surface area contributed by atoms with Gasteiger partial charge in [-0.25, -0.2) is 5.84 Å². The van der Waals surface area contributed by atoms with Gasteiger partial charge in [-0.2, -0.15) is 0 Å². The van der Waals surface area contributed by atoms with Crippen molar-refractivity contribution in [1.29, 1.82) is 0 Å². The Morgan fingerprint density at radius 2 is 1.70 bits per heavy atom. The molecule has 5 heteroatoms. The largest absolute Gasteiger partial charge is 0.384 e. The quantitative estimate of drug-likeness (QED) is 0.266. The van der Waals surface area contributed by atoms with Crippen molar-refractivity contribution in [2.75, 3.05) is 6.54 Å². The summed E-state index contributed by atoms with van der Waals surface area (Å²) in [6.45, 7) is 9.03. The van der Waals surface area contributed by atoms with Crippen LogP contribution in [0, 0.1) is 5.41 Å². The Balaban J connectivity index is 1.69. The Morgan fingerprint density at radius 3 is 2.21 bits per heavy atom. The van der Waals surface area contributed by atoms with Crippen molar-refractivity contribution in [3.05, 3.63) is 83.2 Å². The van der Waals surface area contributed by atoms with Gasteiger partial charge in [0.05, 0.1) is 11.1 Å². The number of rotatable bonds is 10. The van der Waals surface area contributed by atoms with E-state index in [-0.39, 0.29) is 16.9 Å². The zero-order valence-corrected chi connectivity index (χ0v) is 20.6. The lowest BCUT2D eigenvalue weighted by Crippen LogP contribution is -2.52. The molecule has 0 saturated heterocycles. The van der Waals surface area contributed by atoms with Crippen LogP contribution in [0.25, 0.3) is 0 Å². The van der Waals surface area contributed by atoms with Crippen LogP contribution in [0.4, 0.5) is 0 Å². The number of hydrazine groups is 1. The average Bonchev–Trinajstić information content (AvgIpc) is 2.81. The van der Waals surface area contributed by atoms with Gasteiger partial charge >= 0.3 is 0 Å². The van der Waals surface area contributed by atoms with Gasteiger partial charge in [-0.05, 0) is 61.5 Å². The topological polar surface area (TPSA) is 84.4 Å². The molecule has 1 fully saturated rings. The summed E-state index contributed by atoms with van der Waals surface area (Å²) in [5.41, 5.74) is 9.00. The van der Waals surface area contributed by atoms with Gasteiger partial charge < -0.3 is 11.1 Å². The summed E-state index contributed by atoms with van der Waals surface area (Å²) >= 11 is 0. The van der Waals surface area contributed by atoms with Crippen LogP contribution in [0.3, 0.4) is 0 Å². The molecule has 178 valence electrons. The Kier molecular flexibility index (Phi) is 7.85. The minimum absolute atomic E-state index is 0.0371. The van der Waals surface area contributed by atoms with Crippen LogP contribution in [-0.2, 0) is 10.3 Å². The molecular weight excluding hydrogens is 408 g/mol. The fourth-order valence-corrected chi connectivity index (χ4v) is 4.87. The van der Waals surface area contributed by atoms with Crippen LogP contribution >= 0.6 is 0 Å². The molecule has 2 aromatic rings. The molecule has 2 aromatic carbocycles. The molecule has 3 rings (SSSR count). The summed E-state index contributed by atoms with van der Waals surface area (Å²) in [4.78, 5) is 13.1. The Labute approximate surface area is 199 Å².